The van der Waals surface area contributed by atoms with Crippen molar-refractivity contribution >= 4 is 19.8 Å². The molecule has 0 heterocycles. The molecule has 0 amide bonds. The zero-order valence-corrected chi connectivity index (χ0v) is 44.0. The van der Waals surface area contributed by atoms with Gasteiger partial charge in [-0.05, 0) is 83.5 Å². The highest BCUT2D eigenvalue weighted by Gasteiger charge is 2.26. The smallest absolute Gasteiger partial charge is 0.462 e. The summed E-state index contributed by atoms with van der Waals surface area (Å²) in [4.78, 5) is 35.1. The van der Waals surface area contributed by atoms with Crippen LogP contribution in [0.4, 0.5) is 0 Å². The molecule has 0 aliphatic heterocycles. The van der Waals surface area contributed by atoms with Gasteiger partial charge in [-0.2, -0.15) is 0 Å². The largest absolute Gasteiger partial charge is 0.472 e. The van der Waals surface area contributed by atoms with Crippen molar-refractivity contribution in [1.29, 1.82) is 0 Å². The minimum Gasteiger partial charge on any atom is -0.462 e. The number of hydrogen-bond donors (Lipinski definition) is 2. The molecule has 2 unspecified atom stereocenters. The molecule has 0 aromatic rings. The zero-order chi connectivity index (χ0) is 48.8. The van der Waals surface area contributed by atoms with E-state index in [1.54, 1.807) is 0 Å². The molecule has 9 nitrogen and oxygen atoms in total. The maximum absolute atomic E-state index is 12.7. The van der Waals surface area contributed by atoms with Gasteiger partial charge >= 0.3 is 19.8 Å². The van der Waals surface area contributed by atoms with Gasteiger partial charge in [0.2, 0.25) is 0 Å². The van der Waals surface area contributed by atoms with Gasteiger partial charge in [0.1, 0.15) is 6.61 Å². The molecular weight excluding hydrogens is 858 g/mol. The van der Waals surface area contributed by atoms with Crippen molar-refractivity contribution in [2.24, 2.45) is 5.73 Å². The summed E-state index contributed by atoms with van der Waals surface area (Å²) in [5.74, 6) is -0.841. The molecule has 0 radical (unpaired) electrons. The molecule has 0 aliphatic carbocycles. The van der Waals surface area contributed by atoms with Crippen molar-refractivity contribution < 1.29 is 37.6 Å². The van der Waals surface area contributed by atoms with E-state index in [4.69, 9.17) is 24.3 Å². The molecule has 0 aromatic carbocycles. The molecule has 10 heteroatoms. The molecule has 0 fully saturated rings. The zero-order valence-electron chi connectivity index (χ0n) is 43.1. The molecule has 0 aliphatic rings. The number of nitrogens with two attached hydrogens (primary N) is 1. The fraction of sp³-hybridized carbons (Fsp3) is 0.754. The van der Waals surface area contributed by atoms with Crippen LogP contribution in [-0.4, -0.2) is 49.3 Å². The van der Waals surface area contributed by atoms with Gasteiger partial charge in [-0.25, -0.2) is 4.57 Å². The predicted octanol–water partition coefficient (Wildman–Crippen LogP) is 17.0. The first-order valence-electron chi connectivity index (χ1n) is 27.4. The lowest BCUT2D eigenvalue weighted by atomic mass is 10.0. The highest BCUT2D eigenvalue weighted by Crippen LogP contribution is 2.43. The number of unbranched alkanes of at least 4 members (excludes halogenated alkanes) is 26. The van der Waals surface area contributed by atoms with Gasteiger partial charge in [-0.1, -0.05) is 222 Å². The average molecular weight is 960 g/mol. The maximum atomic E-state index is 12.7. The summed E-state index contributed by atoms with van der Waals surface area (Å²) in [6.07, 6.45) is 66.6. The van der Waals surface area contributed by atoms with E-state index in [1.165, 1.54) is 122 Å². The lowest BCUT2D eigenvalue weighted by molar-refractivity contribution is -0.161. The number of rotatable bonds is 51. The second-order valence-corrected chi connectivity index (χ2v) is 19.5. The Morgan fingerprint density at radius 1 is 0.463 bits per heavy atom. The molecule has 2 atom stereocenters. The van der Waals surface area contributed by atoms with Gasteiger partial charge in [0.25, 0.3) is 0 Å². The summed E-state index contributed by atoms with van der Waals surface area (Å²) in [5, 5.41) is 0. The monoisotopic (exact) mass is 960 g/mol. The average Bonchev–Trinajstić information content (AvgIpc) is 3.32. The second-order valence-electron chi connectivity index (χ2n) is 18.1. The molecule has 0 saturated carbocycles. The minimum absolute atomic E-state index is 0.0482. The normalized spacial score (nSPS) is 13.7. The van der Waals surface area contributed by atoms with Crippen LogP contribution < -0.4 is 5.73 Å². The Bertz CT molecular complexity index is 1320. The van der Waals surface area contributed by atoms with Crippen molar-refractivity contribution in [1.82, 2.24) is 0 Å². The van der Waals surface area contributed by atoms with E-state index in [0.29, 0.717) is 6.42 Å². The first-order valence-corrected chi connectivity index (χ1v) is 28.9. The van der Waals surface area contributed by atoms with E-state index in [9.17, 15) is 19.0 Å². The minimum atomic E-state index is -4.39. The summed E-state index contributed by atoms with van der Waals surface area (Å²) in [6, 6.07) is 0. The lowest BCUT2D eigenvalue weighted by Gasteiger charge is -2.19. The summed E-state index contributed by atoms with van der Waals surface area (Å²) >= 11 is 0. The van der Waals surface area contributed by atoms with Crippen LogP contribution in [0.5, 0.6) is 0 Å². The highest BCUT2D eigenvalue weighted by molar-refractivity contribution is 7.47. The molecular formula is C57H102NO8P. The number of hydrogen-bond acceptors (Lipinski definition) is 8. The number of allylic oxidation sites excluding steroid dienone is 12. The van der Waals surface area contributed by atoms with Gasteiger partial charge in [0, 0.05) is 19.4 Å². The van der Waals surface area contributed by atoms with E-state index in [0.717, 1.165) is 89.9 Å². The van der Waals surface area contributed by atoms with Crippen molar-refractivity contribution in [3.8, 4) is 0 Å². The Balaban J connectivity index is 3.99. The Kier molecular flexibility index (Phi) is 50.8. The predicted molar refractivity (Wildman–Crippen MR) is 284 cm³/mol. The van der Waals surface area contributed by atoms with E-state index >= 15 is 0 Å². The Hall–Kier alpha value is -2.55. The van der Waals surface area contributed by atoms with Crippen LogP contribution in [0.25, 0.3) is 0 Å². The van der Waals surface area contributed by atoms with Crippen LogP contribution >= 0.6 is 7.82 Å². The molecule has 0 bridgehead atoms. The molecule has 0 rings (SSSR count). The van der Waals surface area contributed by atoms with E-state index < -0.39 is 26.5 Å². The van der Waals surface area contributed by atoms with Crippen LogP contribution in [0.15, 0.2) is 72.9 Å². The fourth-order valence-corrected chi connectivity index (χ4v) is 8.31. The third-order valence-corrected chi connectivity index (χ3v) is 12.6. The third kappa shape index (κ3) is 52.7. The molecule has 388 valence electrons. The SMILES string of the molecule is CC/C=C\C/C=C\C/C=C\C/C=C\CCCCCCCCC(=O)OC(COC(=O)CCCCCCCCCCCCCCCCC/C=C\C/C=C\CCCCCCC)COP(=O)(O)OCCN. The first-order chi connectivity index (χ1) is 32.8. The number of carbonyl (C=O) groups is 2. The van der Waals surface area contributed by atoms with Crippen LogP contribution in [0, 0.1) is 0 Å². The number of esters is 2. The molecule has 0 spiro atoms. The number of phosphoric ester groups is 1. The highest BCUT2D eigenvalue weighted by atomic mass is 31.2. The van der Waals surface area contributed by atoms with Crippen LogP contribution in [0.1, 0.15) is 245 Å². The fourth-order valence-electron chi connectivity index (χ4n) is 7.54. The van der Waals surface area contributed by atoms with Gasteiger partial charge < -0.3 is 20.1 Å². The topological polar surface area (TPSA) is 134 Å². The second kappa shape index (κ2) is 52.8. The van der Waals surface area contributed by atoms with Gasteiger partial charge in [-0.3, -0.25) is 18.6 Å². The first kappa shape index (κ1) is 64.5. The van der Waals surface area contributed by atoms with Crippen LogP contribution in [-0.2, 0) is 32.7 Å². The molecule has 0 saturated heterocycles. The number of phosphoric acid groups is 1. The van der Waals surface area contributed by atoms with Gasteiger partial charge in [0.15, 0.2) is 6.10 Å². The van der Waals surface area contributed by atoms with E-state index in [2.05, 4.69) is 86.8 Å². The van der Waals surface area contributed by atoms with Gasteiger partial charge in [0.05, 0.1) is 13.2 Å². The summed E-state index contributed by atoms with van der Waals surface area (Å²) < 4.78 is 33.0. The van der Waals surface area contributed by atoms with Crippen LogP contribution in [0.2, 0.25) is 0 Å². The van der Waals surface area contributed by atoms with Crippen molar-refractivity contribution in [3.05, 3.63) is 72.9 Å². The van der Waals surface area contributed by atoms with Crippen molar-refractivity contribution in [3.63, 3.8) is 0 Å². The maximum Gasteiger partial charge on any atom is 0.472 e. The Morgan fingerprint density at radius 3 is 1.22 bits per heavy atom. The summed E-state index contributed by atoms with van der Waals surface area (Å²) in [5.41, 5.74) is 5.37. The molecule has 67 heavy (non-hydrogen) atoms. The third-order valence-electron chi connectivity index (χ3n) is 11.6. The molecule has 0 aromatic heterocycles. The Morgan fingerprint density at radius 2 is 0.821 bits per heavy atom. The van der Waals surface area contributed by atoms with Crippen molar-refractivity contribution in [2.75, 3.05) is 26.4 Å². The number of ether oxygens (including phenoxy) is 2. The van der Waals surface area contributed by atoms with Crippen molar-refractivity contribution in [2.45, 2.75) is 251 Å². The quantitative estimate of drug-likeness (QED) is 0.0264. The van der Waals surface area contributed by atoms with E-state index in [1.807, 2.05) is 0 Å². The van der Waals surface area contributed by atoms with Gasteiger partial charge in [-0.15, -0.1) is 0 Å². The standard InChI is InChI=1S/C57H102NO8P/c1-3-5-7-9-11-13-15-17-19-21-23-24-25-26-27-28-29-30-32-33-35-37-39-41-43-45-47-49-56(59)63-53-55(54-65-67(61,62)64-52-51-58)66-57(60)50-48-46-44-42-40-38-36-34-31-22-20-18-16-14-12-10-8-6-4-2/h6,8,12,14-15,17-18,20-21,23,31,34,55H,3-5,7,9-11,13,16,19,22,24-30,32-33,35-54,58H2,1-2H3,(H,61,62)/b8-6-,14-12-,17-15-,20-18-,23-21-,34-31-. The van der Waals surface area contributed by atoms with E-state index in [-0.39, 0.29) is 38.6 Å². The summed E-state index contributed by atoms with van der Waals surface area (Å²) in [6.45, 7) is 3.62. The molecule has 3 N–H and O–H groups in total. The lowest BCUT2D eigenvalue weighted by Crippen LogP contribution is -2.29. The number of carbonyl (C=O) groups excluding carboxylic acids is 2. The van der Waals surface area contributed by atoms with Crippen LogP contribution in [0.3, 0.4) is 0 Å². The Labute approximate surface area is 411 Å². The summed E-state index contributed by atoms with van der Waals surface area (Å²) in [7, 11) is -4.39.